The van der Waals surface area contributed by atoms with Crippen LogP contribution in [-0.4, -0.2) is 9.30 Å². The van der Waals surface area contributed by atoms with Gasteiger partial charge in [0.15, 0.2) is 0 Å². The fourth-order valence-corrected chi connectivity index (χ4v) is 3.59. The van der Waals surface area contributed by atoms with Crippen LogP contribution in [0.15, 0.2) is 29.6 Å². The Balaban J connectivity index is 2.21. The third-order valence-electron chi connectivity index (χ3n) is 2.82. The van der Waals surface area contributed by atoms with Crippen molar-refractivity contribution in [1.29, 1.82) is 0 Å². The van der Waals surface area contributed by atoms with Crippen molar-refractivity contribution in [2.45, 2.75) is 38.5 Å². The van der Waals surface area contributed by atoms with Crippen LogP contribution in [0, 0.1) is 0 Å². The van der Waals surface area contributed by atoms with Crippen LogP contribution in [0.25, 0.3) is 10.1 Å². The second-order valence-electron chi connectivity index (χ2n) is 5.41. The lowest BCUT2D eigenvalue weighted by Gasteiger charge is -2.26. The predicted molar refractivity (Wildman–Crippen MR) is 81.3 cm³/mol. The Hall–Kier alpha value is -0.550. The van der Waals surface area contributed by atoms with Gasteiger partial charge in [0, 0.05) is 16.1 Å². The Morgan fingerprint density at radius 3 is 2.61 bits per heavy atom. The first-order chi connectivity index (χ1) is 8.39. The maximum atomic E-state index is 12.1. The molecule has 2 nitrogen and oxygen atoms in total. The lowest BCUT2D eigenvalue weighted by atomic mass is 10.1. The molecule has 0 bridgehead atoms. The first-order valence-corrected chi connectivity index (χ1v) is 8.06. The van der Waals surface area contributed by atoms with Gasteiger partial charge in [-0.2, -0.15) is 0 Å². The summed E-state index contributed by atoms with van der Waals surface area (Å²) in [6.45, 7) is 8.01. The van der Waals surface area contributed by atoms with Crippen LogP contribution in [0.5, 0.6) is 0 Å². The first kappa shape index (κ1) is 13.9. The second-order valence-corrected chi connectivity index (χ2v) is 8.32. The molecule has 0 aliphatic rings. The minimum atomic E-state index is -1.04. The van der Waals surface area contributed by atoms with Gasteiger partial charge < -0.3 is 4.55 Å². The zero-order chi connectivity index (χ0) is 13.3. The molecule has 1 aromatic carbocycles. The fourth-order valence-electron chi connectivity index (χ4n) is 1.73. The van der Waals surface area contributed by atoms with E-state index in [2.05, 4.69) is 29.2 Å². The van der Waals surface area contributed by atoms with Gasteiger partial charge in [0.1, 0.15) is 4.75 Å². The number of hydrogen-bond donors (Lipinski definition) is 1. The SMILES string of the molecule is C[C@@H](N[S+]([O-])C(C)(C)C)c1csc2ccccc12. The monoisotopic (exact) mass is 281 g/mol. The first-order valence-electron chi connectivity index (χ1n) is 6.04. The van der Waals surface area contributed by atoms with E-state index in [-0.39, 0.29) is 10.8 Å². The summed E-state index contributed by atoms with van der Waals surface area (Å²) in [7, 11) is 0. The summed E-state index contributed by atoms with van der Waals surface area (Å²) in [5.74, 6) is 0. The molecule has 98 valence electrons. The van der Waals surface area contributed by atoms with Crippen LogP contribution in [0.2, 0.25) is 0 Å². The molecule has 18 heavy (non-hydrogen) atoms. The van der Waals surface area contributed by atoms with Crippen LogP contribution >= 0.6 is 11.3 Å². The Labute approximate surface area is 116 Å². The maximum absolute atomic E-state index is 12.1. The van der Waals surface area contributed by atoms with Crippen molar-refractivity contribution in [1.82, 2.24) is 4.72 Å². The summed E-state index contributed by atoms with van der Waals surface area (Å²) in [6.07, 6.45) is 0. The highest BCUT2D eigenvalue weighted by atomic mass is 32.2. The van der Waals surface area contributed by atoms with Crippen molar-refractivity contribution in [2.24, 2.45) is 0 Å². The van der Waals surface area contributed by atoms with E-state index in [1.54, 1.807) is 11.3 Å². The second kappa shape index (κ2) is 5.21. The molecule has 0 fully saturated rings. The molecule has 0 spiro atoms. The van der Waals surface area contributed by atoms with Crippen LogP contribution in [0.1, 0.15) is 39.3 Å². The molecule has 0 radical (unpaired) electrons. The van der Waals surface area contributed by atoms with E-state index in [9.17, 15) is 4.55 Å². The highest BCUT2D eigenvalue weighted by Crippen LogP contribution is 2.31. The van der Waals surface area contributed by atoms with Gasteiger partial charge in [-0.25, -0.2) is 0 Å². The van der Waals surface area contributed by atoms with Crippen LogP contribution in [-0.2, 0) is 11.4 Å². The van der Waals surface area contributed by atoms with E-state index in [0.717, 1.165) is 0 Å². The number of nitrogens with one attached hydrogen (secondary N) is 1. The summed E-state index contributed by atoms with van der Waals surface area (Å²) in [5.41, 5.74) is 1.23. The molecule has 1 heterocycles. The zero-order valence-corrected chi connectivity index (χ0v) is 12.8. The fraction of sp³-hybridized carbons (Fsp3) is 0.429. The minimum absolute atomic E-state index is 0.0983. The molecule has 0 aliphatic heterocycles. The molecule has 0 aliphatic carbocycles. The van der Waals surface area contributed by atoms with E-state index >= 15 is 0 Å². The van der Waals surface area contributed by atoms with Crippen molar-refractivity contribution < 1.29 is 4.55 Å². The Morgan fingerprint density at radius 1 is 1.28 bits per heavy atom. The van der Waals surface area contributed by atoms with Gasteiger partial charge >= 0.3 is 0 Å². The number of rotatable bonds is 3. The topological polar surface area (TPSA) is 35.1 Å². The molecule has 0 amide bonds. The van der Waals surface area contributed by atoms with Gasteiger partial charge in [0.25, 0.3) is 0 Å². The molecule has 1 unspecified atom stereocenters. The maximum Gasteiger partial charge on any atom is 0.136 e. The number of fused-ring (bicyclic) bond motifs is 1. The van der Waals surface area contributed by atoms with Gasteiger partial charge in [-0.3, -0.25) is 0 Å². The van der Waals surface area contributed by atoms with E-state index < -0.39 is 11.4 Å². The van der Waals surface area contributed by atoms with Gasteiger partial charge in [0.2, 0.25) is 0 Å². The molecule has 0 saturated carbocycles. The Kier molecular flexibility index (Phi) is 4.02. The lowest BCUT2D eigenvalue weighted by Crippen LogP contribution is -2.40. The number of benzene rings is 1. The largest absolute Gasteiger partial charge is 0.598 e. The third-order valence-corrected chi connectivity index (χ3v) is 5.48. The lowest BCUT2D eigenvalue weighted by molar-refractivity contribution is 0.532. The quantitative estimate of drug-likeness (QED) is 0.863. The summed E-state index contributed by atoms with van der Waals surface area (Å²) < 4.78 is 16.3. The average Bonchev–Trinajstić information content (AvgIpc) is 2.71. The van der Waals surface area contributed by atoms with Crippen molar-refractivity contribution in [3.63, 3.8) is 0 Å². The molecule has 4 heteroatoms. The summed E-state index contributed by atoms with van der Waals surface area (Å²) in [4.78, 5) is 0. The Morgan fingerprint density at radius 2 is 1.94 bits per heavy atom. The number of hydrogen-bond acceptors (Lipinski definition) is 3. The molecule has 1 N–H and O–H groups in total. The van der Waals surface area contributed by atoms with Crippen molar-refractivity contribution in [2.75, 3.05) is 0 Å². The Bertz CT molecular complexity index is 530. The molecule has 2 atom stereocenters. The van der Waals surface area contributed by atoms with Gasteiger partial charge in [-0.1, -0.05) is 18.2 Å². The van der Waals surface area contributed by atoms with Crippen LogP contribution in [0.4, 0.5) is 0 Å². The van der Waals surface area contributed by atoms with E-state index in [0.29, 0.717) is 0 Å². The molecule has 2 aromatic rings. The smallest absolute Gasteiger partial charge is 0.136 e. The molecular weight excluding hydrogens is 262 g/mol. The van der Waals surface area contributed by atoms with Crippen LogP contribution in [0.3, 0.4) is 0 Å². The normalized spacial score (nSPS) is 15.8. The van der Waals surface area contributed by atoms with Gasteiger partial charge in [-0.05, 0) is 50.1 Å². The van der Waals surface area contributed by atoms with Crippen LogP contribution < -0.4 is 4.72 Å². The summed E-state index contributed by atoms with van der Waals surface area (Å²) in [5, 5.41) is 3.41. The van der Waals surface area contributed by atoms with Gasteiger partial charge in [-0.15, -0.1) is 16.1 Å². The molecule has 1 aromatic heterocycles. The van der Waals surface area contributed by atoms with Crippen molar-refractivity contribution in [3.05, 3.63) is 35.2 Å². The number of thiophene rings is 1. The molecule has 0 saturated heterocycles. The third kappa shape index (κ3) is 2.88. The average molecular weight is 281 g/mol. The van der Waals surface area contributed by atoms with Gasteiger partial charge in [0.05, 0.1) is 6.04 Å². The predicted octanol–water partition coefficient (Wildman–Crippen LogP) is 4.01. The molecule has 2 rings (SSSR count). The van der Waals surface area contributed by atoms with Crippen molar-refractivity contribution >= 4 is 32.8 Å². The highest BCUT2D eigenvalue weighted by Gasteiger charge is 2.28. The zero-order valence-electron chi connectivity index (χ0n) is 11.2. The van der Waals surface area contributed by atoms with Crippen molar-refractivity contribution in [3.8, 4) is 0 Å². The van der Waals surface area contributed by atoms with E-state index in [1.165, 1.54) is 15.6 Å². The summed E-state index contributed by atoms with van der Waals surface area (Å²) in [6, 6.07) is 8.44. The standard InChI is InChI=1S/C14H19NOS2/c1-10(15-18(16)14(2,3)4)12-9-17-13-8-6-5-7-11(12)13/h5-10,15H,1-4H3/t10-,18?/m1/s1. The molecular formula is C14H19NOS2. The van der Waals surface area contributed by atoms with E-state index in [4.69, 9.17) is 0 Å². The minimum Gasteiger partial charge on any atom is -0.598 e. The highest BCUT2D eigenvalue weighted by molar-refractivity contribution is 7.90. The van der Waals surface area contributed by atoms with E-state index in [1.807, 2.05) is 32.9 Å². The summed E-state index contributed by atoms with van der Waals surface area (Å²) >= 11 is 0.698.